The van der Waals surface area contributed by atoms with Crippen molar-refractivity contribution in [2.24, 2.45) is 0 Å². The van der Waals surface area contributed by atoms with Crippen LogP contribution in [0, 0.1) is 0 Å². The first-order valence-electron chi connectivity index (χ1n) is 11.9. The van der Waals surface area contributed by atoms with E-state index in [-0.39, 0.29) is 10.8 Å². The van der Waals surface area contributed by atoms with E-state index in [1.165, 1.54) is 16.5 Å². The van der Waals surface area contributed by atoms with E-state index < -0.39 is 0 Å². The summed E-state index contributed by atoms with van der Waals surface area (Å²) in [6.45, 7) is 13.6. The summed E-state index contributed by atoms with van der Waals surface area (Å²) in [5.41, 5.74) is 7.73. The summed E-state index contributed by atoms with van der Waals surface area (Å²) in [6.07, 6.45) is 3.61. The van der Waals surface area contributed by atoms with Gasteiger partial charge in [0.2, 0.25) is 0 Å². The van der Waals surface area contributed by atoms with Crippen LogP contribution in [-0.2, 0) is 10.8 Å². The molecule has 0 saturated carbocycles. The lowest BCUT2D eigenvalue weighted by Gasteiger charge is -2.26. The Balaban J connectivity index is 1.62. The number of benzene rings is 3. The highest BCUT2D eigenvalue weighted by Crippen LogP contribution is 2.34. The second kappa shape index (κ2) is 8.02. The van der Waals surface area contributed by atoms with Gasteiger partial charge in [-0.3, -0.25) is 4.98 Å². The Morgan fingerprint density at radius 1 is 0.559 bits per heavy atom. The number of fused-ring (bicyclic) bond motifs is 3. The minimum atomic E-state index is 0.0542. The summed E-state index contributed by atoms with van der Waals surface area (Å²) >= 11 is 0. The van der Waals surface area contributed by atoms with Crippen LogP contribution in [-0.4, -0.2) is 15.0 Å². The van der Waals surface area contributed by atoms with E-state index in [2.05, 4.69) is 112 Å². The van der Waals surface area contributed by atoms with Crippen molar-refractivity contribution in [3.8, 4) is 22.5 Å². The Bertz CT molecular complexity index is 1490. The molecule has 0 amide bonds. The molecule has 0 spiro atoms. The van der Waals surface area contributed by atoms with Gasteiger partial charge in [0, 0.05) is 28.1 Å². The standard InChI is InChI=1S/C31H31N3/c1-30(2,3)23-13-22(14-24(16-23)31(4,5)6)28-17-27(33-19-34-28)20-11-12-26-25-10-8-7-9-21(25)18-32-29(26)15-20/h7-19H,1-6H3. The van der Waals surface area contributed by atoms with E-state index in [4.69, 9.17) is 4.98 Å². The summed E-state index contributed by atoms with van der Waals surface area (Å²) in [5.74, 6) is 0. The SMILES string of the molecule is CC(C)(C)c1cc(-c2cc(-c3ccc4c(c3)ncc3ccccc34)ncn2)cc(C(C)(C)C)c1. The molecule has 0 aliphatic heterocycles. The van der Waals surface area contributed by atoms with Crippen molar-refractivity contribution in [3.05, 3.63) is 90.4 Å². The Hall–Kier alpha value is -3.59. The number of hydrogen-bond donors (Lipinski definition) is 0. The van der Waals surface area contributed by atoms with Gasteiger partial charge < -0.3 is 0 Å². The topological polar surface area (TPSA) is 38.7 Å². The fourth-order valence-electron chi connectivity index (χ4n) is 4.33. The van der Waals surface area contributed by atoms with Gasteiger partial charge in [-0.25, -0.2) is 9.97 Å². The van der Waals surface area contributed by atoms with Crippen molar-refractivity contribution in [1.29, 1.82) is 0 Å². The molecule has 2 aromatic heterocycles. The van der Waals surface area contributed by atoms with Crippen LogP contribution in [0.1, 0.15) is 52.7 Å². The maximum atomic E-state index is 4.71. The third kappa shape index (κ3) is 4.19. The van der Waals surface area contributed by atoms with E-state index in [0.29, 0.717) is 0 Å². The van der Waals surface area contributed by atoms with E-state index in [9.17, 15) is 0 Å². The van der Waals surface area contributed by atoms with Crippen LogP contribution in [0.4, 0.5) is 0 Å². The number of aromatic nitrogens is 3. The number of hydrogen-bond acceptors (Lipinski definition) is 3. The van der Waals surface area contributed by atoms with Gasteiger partial charge in [-0.1, -0.05) is 84.0 Å². The van der Waals surface area contributed by atoms with Crippen LogP contribution in [0.15, 0.2) is 79.3 Å². The highest BCUT2D eigenvalue weighted by molar-refractivity contribution is 6.06. The molecule has 34 heavy (non-hydrogen) atoms. The first-order chi connectivity index (χ1) is 16.1. The van der Waals surface area contributed by atoms with Crippen molar-refractivity contribution < 1.29 is 0 Å². The third-order valence-corrected chi connectivity index (χ3v) is 6.52. The van der Waals surface area contributed by atoms with Crippen LogP contribution in [0.25, 0.3) is 44.2 Å². The van der Waals surface area contributed by atoms with Crippen LogP contribution in [0.5, 0.6) is 0 Å². The summed E-state index contributed by atoms with van der Waals surface area (Å²) in [7, 11) is 0. The quantitative estimate of drug-likeness (QED) is 0.258. The maximum Gasteiger partial charge on any atom is 0.116 e. The van der Waals surface area contributed by atoms with Crippen molar-refractivity contribution in [2.75, 3.05) is 0 Å². The molecule has 0 atom stereocenters. The van der Waals surface area contributed by atoms with Gasteiger partial charge in [0.25, 0.3) is 0 Å². The van der Waals surface area contributed by atoms with Gasteiger partial charge in [0.05, 0.1) is 16.9 Å². The Labute approximate surface area is 201 Å². The zero-order chi connectivity index (χ0) is 24.1. The molecule has 3 heteroatoms. The molecule has 0 aliphatic carbocycles. The van der Waals surface area contributed by atoms with Gasteiger partial charge >= 0.3 is 0 Å². The maximum absolute atomic E-state index is 4.71. The molecular formula is C31H31N3. The molecule has 0 unspecified atom stereocenters. The van der Waals surface area contributed by atoms with Crippen molar-refractivity contribution in [3.63, 3.8) is 0 Å². The zero-order valence-electron chi connectivity index (χ0n) is 20.8. The fraction of sp³-hybridized carbons (Fsp3) is 0.258. The van der Waals surface area contributed by atoms with Crippen molar-refractivity contribution >= 4 is 21.7 Å². The molecule has 3 aromatic carbocycles. The summed E-state index contributed by atoms with van der Waals surface area (Å²) < 4.78 is 0. The smallest absolute Gasteiger partial charge is 0.116 e. The van der Waals surface area contributed by atoms with Gasteiger partial charge in [0.1, 0.15) is 6.33 Å². The van der Waals surface area contributed by atoms with Crippen molar-refractivity contribution in [1.82, 2.24) is 15.0 Å². The number of nitrogens with zero attached hydrogens (tertiary/aromatic N) is 3. The third-order valence-electron chi connectivity index (χ3n) is 6.52. The van der Waals surface area contributed by atoms with E-state index in [0.717, 1.165) is 38.8 Å². The molecule has 0 saturated heterocycles. The Morgan fingerprint density at radius 2 is 1.21 bits per heavy atom. The van der Waals surface area contributed by atoms with Gasteiger partial charge in [0.15, 0.2) is 0 Å². The second-order valence-corrected chi connectivity index (χ2v) is 11.2. The lowest BCUT2D eigenvalue weighted by atomic mass is 9.79. The monoisotopic (exact) mass is 445 g/mol. The zero-order valence-corrected chi connectivity index (χ0v) is 20.8. The van der Waals surface area contributed by atoms with Gasteiger partial charge in [-0.15, -0.1) is 0 Å². The molecule has 170 valence electrons. The van der Waals surface area contributed by atoms with Crippen LogP contribution >= 0.6 is 0 Å². The highest BCUT2D eigenvalue weighted by atomic mass is 14.8. The Kier molecular flexibility index (Phi) is 5.24. The largest absolute Gasteiger partial charge is 0.256 e. The molecule has 3 nitrogen and oxygen atoms in total. The van der Waals surface area contributed by atoms with Crippen molar-refractivity contribution in [2.45, 2.75) is 52.4 Å². The summed E-state index contributed by atoms with van der Waals surface area (Å²) in [6, 6.07) is 23.8. The van der Waals surface area contributed by atoms with Crippen LogP contribution < -0.4 is 0 Å². The molecule has 5 rings (SSSR count). The molecule has 2 heterocycles. The summed E-state index contributed by atoms with van der Waals surface area (Å²) in [5, 5.41) is 3.53. The lowest BCUT2D eigenvalue weighted by molar-refractivity contribution is 0.569. The molecule has 0 aliphatic rings. The minimum Gasteiger partial charge on any atom is -0.256 e. The highest BCUT2D eigenvalue weighted by Gasteiger charge is 2.21. The first-order valence-corrected chi connectivity index (χ1v) is 11.9. The summed E-state index contributed by atoms with van der Waals surface area (Å²) in [4.78, 5) is 14.0. The predicted octanol–water partition coefficient (Wildman–Crippen LogP) is 8.11. The van der Waals surface area contributed by atoms with Gasteiger partial charge in [-0.2, -0.15) is 0 Å². The molecule has 5 aromatic rings. The van der Waals surface area contributed by atoms with E-state index in [1.807, 2.05) is 12.3 Å². The van der Waals surface area contributed by atoms with Crippen LogP contribution in [0.2, 0.25) is 0 Å². The minimum absolute atomic E-state index is 0.0542. The number of rotatable bonds is 2. The second-order valence-electron chi connectivity index (χ2n) is 11.2. The molecule has 0 N–H and O–H groups in total. The lowest BCUT2D eigenvalue weighted by Crippen LogP contribution is -2.16. The van der Waals surface area contributed by atoms with E-state index in [1.54, 1.807) is 6.33 Å². The average molecular weight is 446 g/mol. The molecule has 0 radical (unpaired) electrons. The fourth-order valence-corrected chi connectivity index (χ4v) is 4.33. The molecule has 0 fully saturated rings. The molecule has 0 bridgehead atoms. The Morgan fingerprint density at radius 3 is 1.88 bits per heavy atom. The normalized spacial score (nSPS) is 12.4. The first kappa shape index (κ1) is 22.2. The average Bonchev–Trinajstić information content (AvgIpc) is 2.82. The van der Waals surface area contributed by atoms with Crippen LogP contribution in [0.3, 0.4) is 0 Å². The number of pyridine rings is 1. The predicted molar refractivity (Wildman–Crippen MR) is 143 cm³/mol. The molecular weight excluding hydrogens is 414 g/mol. The van der Waals surface area contributed by atoms with E-state index >= 15 is 0 Å². The van der Waals surface area contributed by atoms with Gasteiger partial charge in [-0.05, 0) is 51.6 Å².